The number of nitrogens with zero attached hydrogens (tertiary/aromatic N) is 2. The number of rotatable bonds is 9. The summed E-state index contributed by atoms with van der Waals surface area (Å²) in [4.78, 5) is 28.8. The van der Waals surface area contributed by atoms with Crippen LogP contribution in [0, 0.1) is 5.92 Å². The number of fused-ring (bicyclic) bond motifs is 1. The Bertz CT molecular complexity index is 998. The highest BCUT2D eigenvalue weighted by Gasteiger charge is 2.29. The Labute approximate surface area is 210 Å². The summed E-state index contributed by atoms with van der Waals surface area (Å²) in [5.41, 5.74) is 9.52. The van der Waals surface area contributed by atoms with Gasteiger partial charge in [0.15, 0.2) is 0 Å². The van der Waals surface area contributed by atoms with Crippen LogP contribution in [-0.2, 0) is 35.5 Å². The molecule has 0 aromatic heterocycles. The quantitative estimate of drug-likeness (QED) is 0.554. The second-order valence-corrected chi connectivity index (χ2v) is 11.1. The first-order chi connectivity index (χ1) is 16.5. The van der Waals surface area contributed by atoms with E-state index in [4.69, 9.17) is 10.5 Å². The number of amides is 2. The molecule has 0 aliphatic carbocycles. The van der Waals surface area contributed by atoms with E-state index in [9.17, 15) is 9.59 Å². The summed E-state index contributed by atoms with van der Waals surface area (Å²) in [6, 6.07) is 16.7. The monoisotopic (exact) mass is 479 g/mol. The van der Waals surface area contributed by atoms with Gasteiger partial charge in [-0.3, -0.25) is 9.69 Å². The molecule has 1 aliphatic rings. The first-order valence-corrected chi connectivity index (χ1v) is 12.6. The van der Waals surface area contributed by atoms with Crippen molar-refractivity contribution >= 4 is 12.0 Å². The molecule has 1 atom stereocenters. The molecule has 0 radical (unpaired) electrons. The van der Waals surface area contributed by atoms with E-state index in [1.165, 1.54) is 11.1 Å². The zero-order valence-corrected chi connectivity index (χ0v) is 21.9. The van der Waals surface area contributed by atoms with Gasteiger partial charge in [-0.25, -0.2) is 4.79 Å². The number of hydrogen-bond acceptors (Lipinski definition) is 4. The van der Waals surface area contributed by atoms with Gasteiger partial charge >= 0.3 is 6.09 Å². The standard InChI is InChI=1S/C29H41N3O3/c1-21(2)15-26-18-25-16-23(17-27(30)33)11-12-24(25)20-31(26)13-14-32(28(34)35-29(3,4)5)19-22-9-7-6-8-10-22/h6-12,16,21,26H,13-15,17-20H2,1-5H3,(H2,30,33). The van der Waals surface area contributed by atoms with Crippen LogP contribution in [0.2, 0.25) is 0 Å². The Hall–Kier alpha value is -2.86. The largest absolute Gasteiger partial charge is 0.444 e. The van der Waals surface area contributed by atoms with E-state index in [2.05, 4.69) is 30.9 Å². The van der Waals surface area contributed by atoms with Gasteiger partial charge in [0.1, 0.15) is 5.60 Å². The van der Waals surface area contributed by atoms with E-state index in [1.807, 2.05) is 62.1 Å². The molecule has 2 aromatic rings. The molecule has 190 valence electrons. The van der Waals surface area contributed by atoms with E-state index >= 15 is 0 Å². The summed E-state index contributed by atoms with van der Waals surface area (Å²) in [6.45, 7) is 12.9. The van der Waals surface area contributed by atoms with Gasteiger partial charge in [0.2, 0.25) is 5.91 Å². The van der Waals surface area contributed by atoms with Crippen molar-refractivity contribution in [2.75, 3.05) is 13.1 Å². The highest BCUT2D eigenvalue weighted by molar-refractivity contribution is 5.76. The number of benzene rings is 2. The molecule has 6 nitrogen and oxygen atoms in total. The minimum atomic E-state index is -0.543. The lowest BCUT2D eigenvalue weighted by molar-refractivity contribution is -0.117. The summed E-state index contributed by atoms with van der Waals surface area (Å²) in [5.74, 6) is 0.255. The normalized spacial score (nSPS) is 16.1. The first kappa shape index (κ1) is 26.7. The Kier molecular flexibility index (Phi) is 8.95. The van der Waals surface area contributed by atoms with Crippen molar-refractivity contribution < 1.29 is 14.3 Å². The Morgan fingerprint density at radius 2 is 1.80 bits per heavy atom. The smallest absolute Gasteiger partial charge is 0.410 e. The van der Waals surface area contributed by atoms with Gasteiger partial charge < -0.3 is 15.4 Å². The average Bonchev–Trinajstić information content (AvgIpc) is 2.75. The van der Waals surface area contributed by atoms with E-state index < -0.39 is 5.60 Å². The average molecular weight is 480 g/mol. The predicted molar refractivity (Wildman–Crippen MR) is 140 cm³/mol. The van der Waals surface area contributed by atoms with Gasteiger partial charge in [-0.1, -0.05) is 62.4 Å². The number of carbonyl (C=O) groups excluding carboxylic acids is 2. The van der Waals surface area contributed by atoms with Crippen LogP contribution in [0.1, 0.15) is 63.3 Å². The SMILES string of the molecule is CC(C)CC1Cc2cc(CC(N)=O)ccc2CN1CCN(Cc1ccccc1)C(=O)OC(C)(C)C. The Morgan fingerprint density at radius 1 is 1.09 bits per heavy atom. The number of nitrogens with two attached hydrogens (primary N) is 1. The van der Waals surface area contributed by atoms with Crippen LogP contribution in [0.5, 0.6) is 0 Å². The molecule has 6 heteroatoms. The minimum Gasteiger partial charge on any atom is -0.444 e. The molecule has 0 bridgehead atoms. The molecule has 35 heavy (non-hydrogen) atoms. The van der Waals surface area contributed by atoms with Crippen LogP contribution in [0.25, 0.3) is 0 Å². The predicted octanol–water partition coefficient (Wildman–Crippen LogP) is 4.92. The van der Waals surface area contributed by atoms with Crippen LogP contribution >= 0.6 is 0 Å². The molecular formula is C29H41N3O3. The lowest BCUT2D eigenvalue weighted by atomic mass is 9.88. The molecule has 0 saturated heterocycles. The van der Waals surface area contributed by atoms with Crippen LogP contribution in [0.3, 0.4) is 0 Å². The van der Waals surface area contributed by atoms with E-state index in [1.54, 1.807) is 0 Å². The van der Waals surface area contributed by atoms with Crippen LogP contribution in [0.4, 0.5) is 4.79 Å². The van der Waals surface area contributed by atoms with Crippen molar-refractivity contribution in [2.45, 2.75) is 78.6 Å². The third kappa shape index (κ3) is 8.39. The fraction of sp³-hybridized carbons (Fsp3) is 0.517. The summed E-state index contributed by atoms with van der Waals surface area (Å²) >= 11 is 0. The van der Waals surface area contributed by atoms with Crippen LogP contribution in [0.15, 0.2) is 48.5 Å². The lowest BCUT2D eigenvalue weighted by Crippen LogP contribution is -2.46. The van der Waals surface area contributed by atoms with Crippen molar-refractivity contribution in [3.63, 3.8) is 0 Å². The molecule has 0 saturated carbocycles. The Morgan fingerprint density at radius 3 is 2.43 bits per heavy atom. The summed E-state index contributed by atoms with van der Waals surface area (Å²) < 4.78 is 5.74. The van der Waals surface area contributed by atoms with Crippen molar-refractivity contribution in [3.8, 4) is 0 Å². The second kappa shape index (κ2) is 11.7. The molecule has 3 rings (SSSR count). The van der Waals surface area contributed by atoms with Gasteiger partial charge in [0, 0.05) is 32.2 Å². The fourth-order valence-corrected chi connectivity index (χ4v) is 4.72. The van der Waals surface area contributed by atoms with Gasteiger partial charge in [-0.05, 0) is 61.8 Å². The van der Waals surface area contributed by atoms with Gasteiger partial charge in [-0.2, -0.15) is 0 Å². The van der Waals surface area contributed by atoms with E-state index in [0.29, 0.717) is 25.0 Å². The summed E-state index contributed by atoms with van der Waals surface area (Å²) in [5, 5.41) is 0. The molecule has 1 heterocycles. The molecule has 2 aromatic carbocycles. The van der Waals surface area contributed by atoms with Gasteiger partial charge in [0.25, 0.3) is 0 Å². The van der Waals surface area contributed by atoms with Gasteiger partial charge in [0.05, 0.1) is 6.42 Å². The van der Waals surface area contributed by atoms with Crippen LogP contribution in [-0.4, -0.2) is 46.5 Å². The van der Waals surface area contributed by atoms with Crippen LogP contribution < -0.4 is 5.73 Å². The molecule has 2 N–H and O–H groups in total. The third-order valence-corrected chi connectivity index (χ3v) is 6.26. The first-order valence-electron chi connectivity index (χ1n) is 12.6. The number of hydrogen-bond donors (Lipinski definition) is 1. The third-order valence-electron chi connectivity index (χ3n) is 6.26. The molecule has 1 unspecified atom stereocenters. The van der Waals surface area contributed by atoms with E-state index in [0.717, 1.165) is 37.1 Å². The van der Waals surface area contributed by atoms with Crippen molar-refractivity contribution in [2.24, 2.45) is 11.7 Å². The molecule has 0 spiro atoms. The molecule has 0 fully saturated rings. The zero-order chi connectivity index (χ0) is 25.6. The van der Waals surface area contributed by atoms with Crippen molar-refractivity contribution in [3.05, 3.63) is 70.8 Å². The minimum absolute atomic E-state index is 0.274. The highest BCUT2D eigenvalue weighted by Crippen LogP contribution is 2.28. The number of ether oxygens (including phenoxy) is 1. The Balaban J connectivity index is 1.77. The van der Waals surface area contributed by atoms with E-state index in [-0.39, 0.29) is 18.4 Å². The maximum absolute atomic E-state index is 13.1. The zero-order valence-electron chi connectivity index (χ0n) is 21.9. The maximum atomic E-state index is 13.1. The molecule has 2 amide bonds. The lowest BCUT2D eigenvalue weighted by Gasteiger charge is -2.39. The summed E-state index contributed by atoms with van der Waals surface area (Å²) in [6.07, 6.45) is 2.00. The van der Waals surface area contributed by atoms with Crippen molar-refractivity contribution in [1.82, 2.24) is 9.80 Å². The second-order valence-electron chi connectivity index (χ2n) is 11.1. The van der Waals surface area contributed by atoms with Crippen molar-refractivity contribution in [1.29, 1.82) is 0 Å². The topological polar surface area (TPSA) is 75.9 Å². The molecular weight excluding hydrogens is 438 g/mol. The highest BCUT2D eigenvalue weighted by atomic mass is 16.6. The molecule has 1 aliphatic heterocycles. The maximum Gasteiger partial charge on any atom is 0.410 e. The summed E-state index contributed by atoms with van der Waals surface area (Å²) in [7, 11) is 0. The number of carbonyl (C=O) groups is 2. The number of primary amides is 1. The fourth-order valence-electron chi connectivity index (χ4n) is 4.72. The van der Waals surface area contributed by atoms with Gasteiger partial charge in [-0.15, -0.1) is 0 Å².